The summed E-state index contributed by atoms with van der Waals surface area (Å²) >= 11 is 0. The van der Waals surface area contributed by atoms with E-state index in [2.05, 4.69) is 0 Å². The van der Waals surface area contributed by atoms with Crippen LogP contribution in [0.15, 0.2) is 119 Å². The normalized spacial score (nSPS) is 12.9. The lowest BCUT2D eigenvalue weighted by molar-refractivity contribution is 0.681. The molecule has 0 aromatic heterocycles. The van der Waals surface area contributed by atoms with Crippen LogP contribution < -0.4 is 0 Å². The summed E-state index contributed by atoms with van der Waals surface area (Å²) in [6.45, 7) is 0. The van der Waals surface area contributed by atoms with E-state index in [9.17, 15) is 8.42 Å². The molecule has 2 atom stereocenters. The third-order valence-electron chi connectivity index (χ3n) is 4.85. The highest BCUT2D eigenvalue weighted by atomic mass is 32.2. The van der Waals surface area contributed by atoms with Gasteiger partial charge in [-0.25, -0.2) is 0 Å². The van der Waals surface area contributed by atoms with E-state index in [0.29, 0.717) is 11.5 Å². The molecule has 0 N–H and O–H groups in total. The fourth-order valence-electron chi connectivity index (χ4n) is 3.22. The second-order valence-electron chi connectivity index (χ2n) is 7.00. The van der Waals surface area contributed by atoms with Gasteiger partial charge in [0.1, 0.15) is 0 Å². The summed E-state index contributed by atoms with van der Waals surface area (Å²) in [6, 6.07) is 35.4. The summed E-state index contributed by atoms with van der Waals surface area (Å²) in [4.78, 5) is 1.64. The SMILES string of the molecule is O=S(Cc1ccccc1)c1ccc(-c2ccc(S(=O)Cc3ccccc3)cc2)cc1. The summed E-state index contributed by atoms with van der Waals surface area (Å²) < 4.78 is 25.2. The molecule has 0 heterocycles. The van der Waals surface area contributed by atoms with Gasteiger partial charge >= 0.3 is 0 Å². The molecule has 4 aromatic rings. The van der Waals surface area contributed by atoms with Crippen LogP contribution in [0.3, 0.4) is 0 Å². The Kier molecular flexibility index (Phi) is 6.67. The molecule has 4 heteroatoms. The minimum atomic E-state index is -1.07. The monoisotopic (exact) mass is 430 g/mol. The van der Waals surface area contributed by atoms with Gasteiger partial charge in [-0.15, -0.1) is 0 Å². The van der Waals surface area contributed by atoms with E-state index in [1.807, 2.05) is 109 Å². The Labute approximate surface area is 182 Å². The van der Waals surface area contributed by atoms with Crippen LogP contribution in [0, 0.1) is 0 Å². The molecule has 0 radical (unpaired) electrons. The van der Waals surface area contributed by atoms with Crippen molar-refractivity contribution in [1.29, 1.82) is 0 Å². The summed E-state index contributed by atoms with van der Waals surface area (Å²) in [7, 11) is -2.14. The first-order valence-corrected chi connectivity index (χ1v) is 12.4. The van der Waals surface area contributed by atoms with Crippen LogP contribution in [-0.4, -0.2) is 8.42 Å². The van der Waals surface area contributed by atoms with Crippen LogP contribution in [0.2, 0.25) is 0 Å². The number of hydrogen-bond acceptors (Lipinski definition) is 2. The molecule has 2 unspecified atom stereocenters. The average Bonchev–Trinajstić information content (AvgIpc) is 2.80. The second-order valence-corrected chi connectivity index (χ2v) is 9.90. The van der Waals surface area contributed by atoms with Crippen molar-refractivity contribution in [3.8, 4) is 11.1 Å². The van der Waals surface area contributed by atoms with Gasteiger partial charge in [0, 0.05) is 9.79 Å². The fourth-order valence-corrected chi connectivity index (χ4v) is 5.42. The Hall–Kier alpha value is -2.82. The van der Waals surface area contributed by atoms with Gasteiger partial charge in [0.15, 0.2) is 0 Å². The van der Waals surface area contributed by atoms with Gasteiger partial charge < -0.3 is 0 Å². The Balaban J connectivity index is 1.43. The molecule has 150 valence electrons. The van der Waals surface area contributed by atoms with Gasteiger partial charge in [0.2, 0.25) is 0 Å². The molecule has 0 bridgehead atoms. The maximum atomic E-state index is 12.6. The lowest BCUT2D eigenvalue weighted by Crippen LogP contribution is -1.97. The Morgan fingerprint density at radius 1 is 0.433 bits per heavy atom. The van der Waals surface area contributed by atoms with Gasteiger partial charge in [0.05, 0.1) is 33.1 Å². The van der Waals surface area contributed by atoms with Crippen LogP contribution in [0.1, 0.15) is 11.1 Å². The first-order chi connectivity index (χ1) is 14.7. The predicted molar refractivity (Wildman–Crippen MR) is 125 cm³/mol. The Morgan fingerprint density at radius 3 is 1.10 bits per heavy atom. The second kappa shape index (κ2) is 9.79. The number of benzene rings is 4. The molecule has 0 fully saturated rings. The van der Waals surface area contributed by atoms with E-state index in [0.717, 1.165) is 32.0 Å². The lowest BCUT2D eigenvalue weighted by atomic mass is 10.1. The minimum absolute atomic E-state index is 0.516. The Bertz CT molecular complexity index is 1040. The molecule has 0 spiro atoms. The van der Waals surface area contributed by atoms with Crippen LogP contribution in [0.5, 0.6) is 0 Å². The molecule has 0 amide bonds. The zero-order valence-corrected chi connectivity index (χ0v) is 18.1. The highest BCUT2D eigenvalue weighted by Gasteiger charge is 2.08. The van der Waals surface area contributed by atoms with Crippen molar-refractivity contribution in [3.63, 3.8) is 0 Å². The van der Waals surface area contributed by atoms with Gasteiger partial charge in [-0.3, -0.25) is 8.42 Å². The molecule has 0 aliphatic carbocycles. The fraction of sp³-hybridized carbons (Fsp3) is 0.0769. The first kappa shape index (κ1) is 20.5. The molecule has 2 nitrogen and oxygen atoms in total. The van der Waals surface area contributed by atoms with Crippen molar-refractivity contribution < 1.29 is 8.42 Å². The third kappa shape index (κ3) is 5.21. The van der Waals surface area contributed by atoms with Crippen molar-refractivity contribution in [2.45, 2.75) is 21.3 Å². The smallest absolute Gasteiger partial charge is 0.0574 e. The Morgan fingerprint density at radius 2 is 0.767 bits per heavy atom. The third-order valence-corrected chi connectivity index (χ3v) is 7.64. The molecule has 4 aromatic carbocycles. The van der Waals surface area contributed by atoms with E-state index < -0.39 is 21.6 Å². The first-order valence-electron chi connectivity index (χ1n) is 9.74. The highest BCUT2D eigenvalue weighted by Crippen LogP contribution is 2.23. The summed E-state index contributed by atoms with van der Waals surface area (Å²) in [6.07, 6.45) is 0. The van der Waals surface area contributed by atoms with Crippen molar-refractivity contribution in [1.82, 2.24) is 0 Å². The molecule has 0 aliphatic rings. The van der Waals surface area contributed by atoms with Gasteiger partial charge in [-0.2, -0.15) is 0 Å². The molecule has 30 heavy (non-hydrogen) atoms. The van der Waals surface area contributed by atoms with E-state index in [4.69, 9.17) is 0 Å². The minimum Gasteiger partial charge on any atom is -0.254 e. The van der Waals surface area contributed by atoms with E-state index in [1.165, 1.54) is 0 Å². The summed E-state index contributed by atoms with van der Waals surface area (Å²) in [5, 5.41) is 0. The molecule has 0 saturated carbocycles. The topological polar surface area (TPSA) is 34.1 Å². The van der Waals surface area contributed by atoms with E-state index in [-0.39, 0.29) is 0 Å². The average molecular weight is 431 g/mol. The van der Waals surface area contributed by atoms with Gasteiger partial charge in [-0.1, -0.05) is 84.9 Å². The quantitative estimate of drug-likeness (QED) is 0.362. The summed E-state index contributed by atoms with van der Waals surface area (Å²) in [5.74, 6) is 1.03. The zero-order chi connectivity index (χ0) is 20.8. The van der Waals surface area contributed by atoms with Gasteiger partial charge in [0.25, 0.3) is 0 Å². The molecular formula is C26H22O2S2. The summed E-state index contributed by atoms with van der Waals surface area (Å²) in [5.41, 5.74) is 4.24. The van der Waals surface area contributed by atoms with E-state index >= 15 is 0 Å². The predicted octanol–water partition coefficient (Wildman–Crippen LogP) is 5.97. The molecule has 0 aliphatic heterocycles. The van der Waals surface area contributed by atoms with Gasteiger partial charge in [-0.05, 0) is 46.5 Å². The van der Waals surface area contributed by atoms with Crippen molar-refractivity contribution in [2.75, 3.05) is 0 Å². The number of hydrogen-bond donors (Lipinski definition) is 0. The van der Waals surface area contributed by atoms with Crippen LogP contribution in [0.25, 0.3) is 11.1 Å². The zero-order valence-electron chi connectivity index (χ0n) is 16.4. The van der Waals surface area contributed by atoms with Crippen LogP contribution >= 0.6 is 0 Å². The van der Waals surface area contributed by atoms with Crippen molar-refractivity contribution in [3.05, 3.63) is 120 Å². The molecular weight excluding hydrogens is 408 g/mol. The maximum Gasteiger partial charge on any atom is 0.0574 e. The lowest BCUT2D eigenvalue weighted by Gasteiger charge is -2.07. The van der Waals surface area contributed by atoms with Crippen LogP contribution in [0.4, 0.5) is 0 Å². The highest BCUT2D eigenvalue weighted by molar-refractivity contribution is 7.84. The molecule has 0 saturated heterocycles. The van der Waals surface area contributed by atoms with Crippen molar-refractivity contribution in [2.24, 2.45) is 0 Å². The van der Waals surface area contributed by atoms with Crippen LogP contribution in [-0.2, 0) is 33.1 Å². The maximum absolute atomic E-state index is 12.6. The van der Waals surface area contributed by atoms with E-state index in [1.54, 1.807) is 0 Å². The largest absolute Gasteiger partial charge is 0.254 e. The molecule has 4 rings (SSSR count). The number of rotatable bonds is 7. The standard InChI is InChI=1S/C26H22O2S2/c27-29(19-21-7-3-1-4-8-21)25-15-11-23(12-16-25)24-13-17-26(18-14-24)30(28)20-22-9-5-2-6-10-22/h1-18H,19-20H2. The van der Waals surface area contributed by atoms with Crippen molar-refractivity contribution >= 4 is 21.6 Å².